The molecule has 12 heteroatoms. The van der Waals surface area contributed by atoms with E-state index in [0.29, 0.717) is 13.0 Å². The van der Waals surface area contributed by atoms with Crippen LogP contribution in [0.2, 0.25) is 0 Å². The van der Waals surface area contributed by atoms with E-state index in [2.05, 4.69) is 0 Å². The third-order valence-corrected chi connectivity index (χ3v) is 9.12. The van der Waals surface area contributed by atoms with Crippen molar-refractivity contribution in [2.24, 2.45) is 5.41 Å². The minimum absolute atomic E-state index is 0.000752. The van der Waals surface area contributed by atoms with Gasteiger partial charge in [0, 0.05) is 31.3 Å². The first-order valence-corrected chi connectivity index (χ1v) is 16.1. The fourth-order valence-electron chi connectivity index (χ4n) is 6.56. The molecular formula is C33H50O12. The summed E-state index contributed by atoms with van der Waals surface area (Å²) in [5.74, 6) is -4.06. The number of methoxy groups -OCH3 is 1. The van der Waals surface area contributed by atoms with E-state index < -0.39 is 59.8 Å². The van der Waals surface area contributed by atoms with E-state index in [-0.39, 0.29) is 43.1 Å². The van der Waals surface area contributed by atoms with E-state index in [1.54, 1.807) is 26.0 Å². The van der Waals surface area contributed by atoms with Crippen molar-refractivity contribution in [3.8, 4) is 0 Å². The minimum Gasteiger partial charge on any atom is -0.466 e. The van der Waals surface area contributed by atoms with E-state index >= 15 is 0 Å². The molecule has 0 aromatic heterocycles. The highest BCUT2D eigenvalue weighted by atomic mass is 16.7. The Balaban J connectivity index is 1.71. The Morgan fingerprint density at radius 2 is 1.76 bits per heavy atom. The smallest absolute Gasteiger partial charge is 0.330 e. The van der Waals surface area contributed by atoms with Gasteiger partial charge in [-0.25, -0.2) is 4.79 Å². The monoisotopic (exact) mass is 638 g/mol. The minimum atomic E-state index is -2.20. The molecule has 9 atom stereocenters. The van der Waals surface area contributed by atoms with E-state index in [4.69, 9.17) is 33.2 Å². The molecule has 0 aliphatic carbocycles. The van der Waals surface area contributed by atoms with Gasteiger partial charge in [0.1, 0.15) is 6.10 Å². The van der Waals surface area contributed by atoms with Crippen molar-refractivity contribution in [2.45, 2.75) is 147 Å². The van der Waals surface area contributed by atoms with E-state index in [1.807, 2.05) is 0 Å². The van der Waals surface area contributed by atoms with Crippen molar-refractivity contribution in [1.82, 2.24) is 0 Å². The summed E-state index contributed by atoms with van der Waals surface area (Å²) in [6.07, 6.45) is 5.51. The van der Waals surface area contributed by atoms with Crippen molar-refractivity contribution < 1.29 is 57.8 Å². The molecule has 3 fully saturated rings. The van der Waals surface area contributed by atoms with Crippen LogP contribution in [0.25, 0.3) is 0 Å². The van der Waals surface area contributed by atoms with Crippen LogP contribution in [0, 0.1) is 5.41 Å². The Morgan fingerprint density at radius 1 is 1.04 bits per heavy atom. The lowest BCUT2D eigenvalue weighted by Gasteiger charge is -2.51. The van der Waals surface area contributed by atoms with E-state index in [1.165, 1.54) is 27.0 Å². The molecular weight excluding hydrogens is 588 g/mol. The largest absolute Gasteiger partial charge is 0.466 e. The SMILES string of the molecule is COC(=O)/C=C1\CC2CC([C@@H](C)O)OC(=O)CCC[C@@H]3CCC[C@H](C[C@@H]4CCO[C@H](/C=C/C(C)(C)[C@](O)(O2)[C@H]1OC(C)=O)O4)O3. The van der Waals surface area contributed by atoms with Crippen LogP contribution in [0.1, 0.15) is 91.9 Å². The lowest BCUT2D eigenvalue weighted by Crippen LogP contribution is -2.62. The highest BCUT2D eigenvalue weighted by Crippen LogP contribution is 2.47. The highest BCUT2D eigenvalue weighted by Gasteiger charge is 2.57. The number of fused-ring (bicyclic) bond motifs is 6. The van der Waals surface area contributed by atoms with Crippen LogP contribution >= 0.6 is 0 Å². The van der Waals surface area contributed by atoms with Gasteiger partial charge in [-0.3, -0.25) is 9.59 Å². The standard InChI is InChI=1S/C33H50O12/c1-20(34)27-19-26-16-22(17-29(37)39-5)31(41-21(2)35)33(38,45-26)32(3,4)14-12-30-40-15-13-25(43-30)18-24-10-6-8-23(42-24)9-7-11-28(36)44-27/h12,14,17,20,23-27,30-31,34,38H,6-11,13,15-16,18-19H2,1-5H3/b14-12+,22-17+/t20-,23+,24-,25+,26?,27?,30+,31+,33-/m1/s1. The number of esters is 3. The van der Waals surface area contributed by atoms with Crippen LogP contribution in [0.3, 0.4) is 0 Å². The topological polar surface area (TPSA) is 156 Å². The van der Waals surface area contributed by atoms with Crippen molar-refractivity contribution in [1.29, 1.82) is 0 Å². The summed E-state index contributed by atoms with van der Waals surface area (Å²) in [4.78, 5) is 37.6. The van der Waals surface area contributed by atoms with Crippen LogP contribution in [0.15, 0.2) is 23.8 Å². The zero-order valence-electron chi connectivity index (χ0n) is 27.1. The Kier molecular flexibility index (Phi) is 12.2. The first kappa shape index (κ1) is 35.5. The molecule has 45 heavy (non-hydrogen) atoms. The van der Waals surface area contributed by atoms with Gasteiger partial charge in [0.15, 0.2) is 12.4 Å². The molecule has 6 bridgehead atoms. The molecule has 0 aromatic carbocycles. The zero-order valence-corrected chi connectivity index (χ0v) is 27.1. The Morgan fingerprint density at radius 3 is 2.47 bits per heavy atom. The van der Waals surface area contributed by atoms with Gasteiger partial charge in [0.25, 0.3) is 0 Å². The summed E-state index contributed by atoms with van der Waals surface area (Å²) in [5.41, 5.74) is -0.995. The van der Waals surface area contributed by atoms with E-state index in [9.17, 15) is 24.6 Å². The van der Waals surface area contributed by atoms with Gasteiger partial charge >= 0.3 is 17.9 Å². The maximum Gasteiger partial charge on any atom is 0.330 e. The molecule has 0 radical (unpaired) electrons. The van der Waals surface area contributed by atoms with Crippen molar-refractivity contribution in [3.05, 3.63) is 23.8 Å². The third kappa shape index (κ3) is 9.36. The molecule has 0 amide bonds. The normalized spacial score (nSPS) is 38.7. The molecule has 3 saturated heterocycles. The van der Waals surface area contributed by atoms with Gasteiger partial charge in [0.05, 0.1) is 44.2 Å². The van der Waals surface area contributed by atoms with Crippen LogP contribution in [0.4, 0.5) is 0 Å². The first-order chi connectivity index (χ1) is 21.3. The van der Waals surface area contributed by atoms with Gasteiger partial charge in [-0.15, -0.1) is 0 Å². The molecule has 0 aromatic rings. The quantitative estimate of drug-likeness (QED) is 0.201. The molecule has 0 saturated carbocycles. The summed E-state index contributed by atoms with van der Waals surface area (Å²) in [5, 5.41) is 22.9. The number of carbonyl (C=O) groups is 3. The number of cyclic esters (lactones) is 1. The summed E-state index contributed by atoms with van der Waals surface area (Å²) in [6.45, 7) is 6.60. The van der Waals surface area contributed by atoms with Crippen LogP contribution in [-0.4, -0.2) is 96.6 Å². The van der Waals surface area contributed by atoms with Crippen LogP contribution < -0.4 is 0 Å². The molecule has 4 aliphatic heterocycles. The number of carbonyl (C=O) groups excluding carboxylic acids is 3. The maximum absolute atomic E-state index is 12.9. The second kappa shape index (κ2) is 15.5. The predicted molar refractivity (Wildman–Crippen MR) is 159 cm³/mol. The summed E-state index contributed by atoms with van der Waals surface area (Å²) in [6, 6.07) is 0. The average molecular weight is 639 g/mol. The molecule has 0 spiro atoms. The van der Waals surface area contributed by atoms with Crippen molar-refractivity contribution in [3.63, 3.8) is 0 Å². The second-order valence-electron chi connectivity index (χ2n) is 13.2. The lowest BCUT2D eigenvalue weighted by molar-refractivity contribution is -0.327. The Labute approximate surface area is 265 Å². The fraction of sp³-hybridized carbons (Fsp3) is 0.788. The van der Waals surface area contributed by atoms with Gasteiger partial charge in [-0.1, -0.05) is 19.9 Å². The molecule has 254 valence electrons. The predicted octanol–water partition coefficient (Wildman–Crippen LogP) is 3.40. The summed E-state index contributed by atoms with van der Waals surface area (Å²) in [7, 11) is 1.22. The number of ether oxygens (including phenoxy) is 7. The van der Waals surface area contributed by atoms with E-state index in [0.717, 1.165) is 38.5 Å². The van der Waals surface area contributed by atoms with Crippen molar-refractivity contribution in [2.75, 3.05) is 13.7 Å². The Hall–Kier alpha value is -2.35. The van der Waals surface area contributed by atoms with Crippen LogP contribution in [-0.2, 0) is 47.5 Å². The Bertz CT molecular complexity index is 1100. The molecule has 4 aliphatic rings. The van der Waals surface area contributed by atoms with Crippen LogP contribution in [0.5, 0.6) is 0 Å². The van der Waals surface area contributed by atoms with Gasteiger partial charge < -0.3 is 43.4 Å². The fourth-order valence-corrected chi connectivity index (χ4v) is 6.56. The number of aliphatic hydroxyl groups excluding tert-OH is 1. The number of hydrogen-bond acceptors (Lipinski definition) is 12. The second-order valence-corrected chi connectivity index (χ2v) is 13.2. The van der Waals surface area contributed by atoms with Gasteiger partial charge in [0.2, 0.25) is 5.79 Å². The molecule has 12 nitrogen and oxygen atoms in total. The third-order valence-electron chi connectivity index (χ3n) is 9.12. The van der Waals surface area contributed by atoms with Gasteiger partial charge in [-0.05, 0) is 69.9 Å². The molecule has 2 unspecified atom stereocenters. The summed E-state index contributed by atoms with van der Waals surface area (Å²) >= 11 is 0. The number of hydrogen-bond donors (Lipinski definition) is 2. The van der Waals surface area contributed by atoms with Gasteiger partial charge in [-0.2, -0.15) is 0 Å². The average Bonchev–Trinajstić information content (AvgIpc) is 2.97. The number of aliphatic hydroxyl groups is 2. The van der Waals surface area contributed by atoms with Crippen molar-refractivity contribution >= 4 is 17.9 Å². The zero-order chi connectivity index (χ0) is 32.8. The molecule has 4 rings (SSSR count). The maximum atomic E-state index is 12.9. The highest BCUT2D eigenvalue weighted by molar-refractivity contribution is 5.83. The molecule has 2 N–H and O–H groups in total. The number of rotatable bonds is 3. The molecule has 4 heterocycles. The summed E-state index contributed by atoms with van der Waals surface area (Å²) < 4.78 is 41.0. The lowest BCUT2D eigenvalue weighted by atomic mass is 9.74. The first-order valence-electron chi connectivity index (χ1n) is 16.1.